The second-order valence-electron chi connectivity index (χ2n) is 4.73. The maximum absolute atomic E-state index is 10.9. The molecule has 0 spiro atoms. The molecule has 2 atom stereocenters. The monoisotopic (exact) mass is 229 g/mol. The standard InChI is InChI=1S/C14H15NO2/c1-9(16)15-8-11-7-13(11)12-4-2-3-10-5-6-17-14(10)12/h2-6,11,13H,7-8H2,1H3,(H,15,16)/t11-,13+/m0/s1. The van der Waals surface area contributed by atoms with E-state index in [1.807, 2.05) is 6.07 Å². The number of furan rings is 1. The quantitative estimate of drug-likeness (QED) is 0.879. The molecule has 3 heteroatoms. The van der Waals surface area contributed by atoms with Crippen LogP contribution in [0.15, 0.2) is 34.9 Å². The molecule has 0 unspecified atom stereocenters. The SMILES string of the molecule is CC(=O)NC[C@@H]1C[C@H]1c1cccc2ccoc12. The van der Waals surface area contributed by atoms with Gasteiger partial charge in [0.15, 0.2) is 0 Å². The van der Waals surface area contributed by atoms with Crippen molar-refractivity contribution in [2.75, 3.05) is 6.54 Å². The maximum atomic E-state index is 10.9. The van der Waals surface area contributed by atoms with Crippen molar-refractivity contribution in [1.29, 1.82) is 0 Å². The largest absolute Gasteiger partial charge is 0.464 e. The summed E-state index contributed by atoms with van der Waals surface area (Å²) in [5.41, 5.74) is 2.28. The predicted octanol–water partition coefficient (Wildman–Crippen LogP) is 2.67. The van der Waals surface area contributed by atoms with Crippen LogP contribution in [-0.2, 0) is 4.79 Å². The molecule has 1 aromatic heterocycles. The van der Waals surface area contributed by atoms with Crippen molar-refractivity contribution in [2.45, 2.75) is 19.3 Å². The van der Waals surface area contributed by atoms with Crippen molar-refractivity contribution in [3.8, 4) is 0 Å². The predicted molar refractivity (Wildman–Crippen MR) is 65.7 cm³/mol. The van der Waals surface area contributed by atoms with Gasteiger partial charge in [-0.05, 0) is 29.9 Å². The maximum Gasteiger partial charge on any atom is 0.216 e. The average molecular weight is 229 g/mol. The second kappa shape index (κ2) is 3.91. The van der Waals surface area contributed by atoms with E-state index in [0.717, 1.165) is 23.9 Å². The molecule has 0 aliphatic heterocycles. The van der Waals surface area contributed by atoms with Crippen molar-refractivity contribution >= 4 is 16.9 Å². The lowest BCUT2D eigenvalue weighted by molar-refractivity contribution is -0.119. The minimum Gasteiger partial charge on any atom is -0.464 e. The fourth-order valence-electron chi connectivity index (χ4n) is 2.44. The first-order valence-corrected chi connectivity index (χ1v) is 5.96. The lowest BCUT2D eigenvalue weighted by Gasteiger charge is -2.02. The number of carbonyl (C=O) groups is 1. The van der Waals surface area contributed by atoms with Crippen LogP contribution in [0, 0.1) is 5.92 Å². The number of carbonyl (C=O) groups excluding carboxylic acids is 1. The van der Waals surface area contributed by atoms with Gasteiger partial charge in [-0.15, -0.1) is 0 Å². The number of hydrogen-bond donors (Lipinski definition) is 1. The molecule has 3 nitrogen and oxygen atoms in total. The van der Waals surface area contributed by atoms with Crippen molar-refractivity contribution in [3.63, 3.8) is 0 Å². The fraction of sp³-hybridized carbons (Fsp3) is 0.357. The van der Waals surface area contributed by atoms with Crippen molar-refractivity contribution in [3.05, 3.63) is 36.1 Å². The summed E-state index contributed by atoms with van der Waals surface area (Å²) in [6.07, 6.45) is 2.87. The van der Waals surface area contributed by atoms with E-state index in [-0.39, 0.29) is 5.91 Å². The van der Waals surface area contributed by atoms with Crippen LogP contribution >= 0.6 is 0 Å². The van der Waals surface area contributed by atoms with E-state index in [4.69, 9.17) is 4.42 Å². The molecule has 1 amide bonds. The summed E-state index contributed by atoms with van der Waals surface area (Å²) >= 11 is 0. The van der Waals surface area contributed by atoms with E-state index in [0.29, 0.717) is 11.8 Å². The Morgan fingerprint density at radius 3 is 3.18 bits per heavy atom. The Balaban J connectivity index is 1.78. The minimum atomic E-state index is 0.0480. The summed E-state index contributed by atoms with van der Waals surface area (Å²) in [5.74, 6) is 1.15. The highest BCUT2D eigenvalue weighted by atomic mass is 16.3. The molecular formula is C14H15NO2. The summed E-state index contributed by atoms with van der Waals surface area (Å²) < 4.78 is 5.54. The summed E-state index contributed by atoms with van der Waals surface area (Å²) in [4.78, 5) is 10.9. The zero-order chi connectivity index (χ0) is 11.8. The van der Waals surface area contributed by atoms with Gasteiger partial charge >= 0.3 is 0 Å². The number of benzene rings is 1. The van der Waals surface area contributed by atoms with E-state index < -0.39 is 0 Å². The highest BCUT2D eigenvalue weighted by molar-refractivity contribution is 5.81. The van der Waals surface area contributed by atoms with Crippen LogP contribution < -0.4 is 5.32 Å². The van der Waals surface area contributed by atoms with Crippen LogP contribution in [0.1, 0.15) is 24.8 Å². The molecule has 88 valence electrons. The minimum absolute atomic E-state index is 0.0480. The highest BCUT2D eigenvalue weighted by Gasteiger charge is 2.39. The van der Waals surface area contributed by atoms with Crippen molar-refractivity contribution < 1.29 is 9.21 Å². The molecule has 1 aromatic carbocycles. The highest BCUT2D eigenvalue weighted by Crippen LogP contribution is 2.49. The van der Waals surface area contributed by atoms with Gasteiger partial charge in [-0.2, -0.15) is 0 Å². The number of para-hydroxylation sites is 1. The van der Waals surface area contributed by atoms with E-state index in [2.05, 4.69) is 23.5 Å². The summed E-state index contributed by atoms with van der Waals surface area (Å²) in [5, 5.41) is 4.04. The van der Waals surface area contributed by atoms with Crippen LogP contribution in [0.4, 0.5) is 0 Å². The van der Waals surface area contributed by atoms with E-state index in [1.54, 1.807) is 13.2 Å². The molecule has 1 saturated carbocycles. The van der Waals surface area contributed by atoms with E-state index in [1.165, 1.54) is 5.56 Å². The Labute approximate surface area is 99.8 Å². The Kier molecular flexibility index (Phi) is 2.39. The van der Waals surface area contributed by atoms with Crippen LogP contribution in [0.5, 0.6) is 0 Å². The number of amides is 1. The second-order valence-corrected chi connectivity index (χ2v) is 4.73. The molecular weight excluding hydrogens is 214 g/mol. The van der Waals surface area contributed by atoms with Gasteiger partial charge in [-0.25, -0.2) is 0 Å². The molecule has 1 aliphatic rings. The van der Waals surface area contributed by atoms with Gasteiger partial charge < -0.3 is 9.73 Å². The molecule has 0 saturated heterocycles. The van der Waals surface area contributed by atoms with Gasteiger partial charge in [0.05, 0.1) is 6.26 Å². The first-order valence-electron chi connectivity index (χ1n) is 5.96. The zero-order valence-electron chi connectivity index (χ0n) is 9.77. The number of nitrogens with one attached hydrogen (secondary N) is 1. The Bertz CT molecular complexity index is 558. The van der Waals surface area contributed by atoms with E-state index in [9.17, 15) is 4.79 Å². The summed E-state index contributed by atoms with van der Waals surface area (Å²) in [6, 6.07) is 8.25. The summed E-state index contributed by atoms with van der Waals surface area (Å²) in [6.45, 7) is 2.34. The molecule has 0 radical (unpaired) electrons. The van der Waals surface area contributed by atoms with E-state index >= 15 is 0 Å². The van der Waals surface area contributed by atoms with Crippen LogP contribution in [0.3, 0.4) is 0 Å². The van der Waals surface area contributed by atoms with Gasteiger partial charge in [0, 0.05) is 18.9 Å². The molecule has 0 bridgehead atoms. The Hall–Kier alpha value is -1.77. The van der Waals surface area contributed by atoms with Gasteiger partial charge in [-0.3, -0.25) is 4.79 Å². The van der Waals surface area contributed by atoms with Crippen molar-refractivity contribution in [2.24, 2.45) is 5.92 Å². The van der Waals surface area contributed by atoms with Crippen LogP contribution in [-0.4, -0.2) is 12.5 Å². The average Bonchev–Trinajstić information content (AvgIpc) is 2.92. The number of rotatable bonds is 3. The van der Waals surface area contributed by atoms with Crippen molar-refractivity contribution in [1.82, 2.24) is 5.32 Å². The van der Waals surface area contributed by atoms with Crippen LogP contribution in [0.25, 0.3) is 11.0 Å². The lowest BCUT2D eigenvalue weighted by atomic mass is 10.1. The molecule has 1 aliphatic carbocycles. The smallest absolute Gasteiger partial charge is 0.216 e. The van der Waals surface area contributed by atoms with Gasteiger partial charge in [0.2, 0.25) is 5.91 Å². The van der Waals surface area contributed by atoms with Gasteiger partial charge in [0.25, 0.3) is 0 Å². The van der Waals surface area contributed by atoms with Crippen LogP contribution in [0.2, 0.25) is 0 Å². The molecule has 2 aromatic rings. The third-order valence-corrected chi connectivity index (χ3v) is 3.44. The lowest BCUT2D eigenvalue weighted by Crippen LogP contribution is -2.22. The fourth-order valence-corrected chi connectivity index (χ4v) is 2.44. The Morgan fingerprint density at radius 1 is 1.47 bits per heavy atom. The molecule has 1 N–H and O–H groups in total. The molecule has 17 heavy (non-hydrogen) atoms. The number of hydrogen-bond acceptors (Lipinski definition) is 2. The third kappa shape index (κ3) is 1.93. The first-order chi connectivity index (χ1) is 8.25. The molecule has 3 rings (SSSR count). The number of fused-ring (bicyclic) bond motifs is 1. The third-order valence-electron chi connectivity index (χ3n) is 3.44. The summed E-state index contributed by atoms with van der Waals surface area (Å²) in [7, 11) is 0. The van der Waals surface area contributed by atoms with Gasteiger partial charge in [0.1, 0.15) is 5.58 Å². The molecule has 1 heterocycles. The topological polar surface area (TPSA) is 42.2 Å². The Morgan fingerprint density at radius 2 is 2.35 bits per heavy atom. The first kappa shape index (κ1) is 10.4. The molecule has 1 fully saturated rings. The zero-order valence-corrected chi connectivity index (χ0v) is 9.77. The van der Waals surface area contributed by atoms with Gasteiger partial charge in [-0.1, -0.05) is 18.2 Å². The normalized spacial score (nSPS) is 22.6.